The Kier molecular flexibility index (Phi) is 3.78. The minimum Gasteiger partial charge on any atom is -0.341 e. The minimum atomic E-state index is -0.123. The molecule has 2 N–H and O–H groups in total. The lowest BCUT2D eigenvalue weighted by molar-refractivity contribution is -0.131. The van der Waals surface area contributed by atoms with Gasteiger partial charge in [0, 0.05) is 30.9 Å². The van der Waals surface area contributed by atoms with Crippen LogP contribution in [-0.4, -0.2) is 40.1 Å². The van der Waals surface area contributed by atoms with E-state index in [1.54, 1.807) is 6.20 Å². The maximum Gasteiger partial charge on any atom is 0.239 e. The van der Waals surface area contributed by atoms with Crippen molar-refractivity contribution in [3.05, 3.63) is 17.5 Å². The molecule has 1 aromatic heterocycles. The molecular weight excluding hydrogens is 216 g/mol. The van der Waals surface area contributed by atoms with Gasteiger partial charge in [-0.3, -0.25) is 9.89 Å². The van der Waals surface area contributed by atoms with Crippen molar-refractivity contribution in [3.63, 3.8) is 0 Å². The van der Waals surface area contributed by atoms with Crippen molar-refractivity contribution < 1.29 is 4.79 Å². The number of hydrogen-bond acceptors (Lipinski definition) is 3. The molecule has 1 fully saturated rings. The van der Waals surface area contributed by atoms with E-state index < -0.39 is 0 Å². The SMILES string of the molecule is Cc1[nH]ncc1CNC(C)C(=O)N1CCCC1. The number of likely N-dealkylation sites (tertiary alicyclic amines) is 1. The van der Waals surface area contributed by atoms with Crippen LogP contribution in [0, 0.1) is 6.92 Å². The van der Waals surface area contributed by atoms with Gasteiger partial charge in [0.25, 0.3) is 0 Å². The number of rotatable bonds is 4. The molecule has 0 spiro atoms. The van der Waals surface area contributed by atoms with Gasteiger partial charge in [0.1, 0.15) is 0 Å². The lowest BCUT2D eigenvalue weighted by Gasteiger charge is -2.21. The first kappa shape index (κ1) is 12.1. The van der Waals surface area contributed by atoms with Gasteiger partial charge in [-0.25, -0.2) is 0 Å². The van der Waals surface area contributed by atoms with Gasteiger partial charge in [0.2, 0.25) is 5.91 Å². The van der Waals surface area contributed by atoms with Crippen molar-refractivity contribution in [2.24, 2.45) is 0 Å². The zero-order valence-corrected chi connectivity index (χ0v) is 10.5. The summed E-state index contributed by atoms with van der Waals surface area (Å²) in [6.07, 6.45) is 4.08. The van der Waals surface area contributed by atoms with Crippen LogP contribution in [0.4, 0.5) is 0 Å². The molecule has 1 aliphatic rings. The predicted molar refractivity (Wildman–Crippen MR) is 65.4 cm³/mol. The van der Waals surface area contributed by atoms with Crippen LogP contribution in [0.2, 0.25) is 0 Å². The van der Waals surface area contributed by atoms with E-state index in [0.29, 0.717) is 6.54 Å². The highest BCUT2D eigenvalue weighted by molar-refractivity contribution is 5.81. The number of nitrogens with zero attached hydrogens (tertiary/aromatic N) is 2. The number of carbonyl (C=O) groups is 1. The molecule has 1 aliphatic heterocycles. The van der Waals surface area contributed by atoms with Gasteiger partial charge in [-0.15, -0.1) is 0 Å². The first-order valence-corrected chi connectivity index (χ1v) is 6.19. The third-order valence-corrected chi connectivity index (χ3v) is 3.32. The third kappa shape index (κ3) is 2.85. The summed E-state index contributed by atoms with van der Waals surface area (Å²) in [7, 11) is 0. The summed E-state index contributed by atoms with van der Waals surface area (Å²) < 4.78 is 0. The predicted octanol–water partition coefficient (Wildman–Crippen LogP) is 0.819. The van der Waals surface area contributed by atoms with Crippen molar-refractivity contribution in [1.82, 2.24) is 20.4 Å². The van der Waals surface area contributed by atoms with Crippen LogP contribution in [-0.2, 0) is 11.3 Å². The summed E-state index contributed by atoms with van der Waals surface area (Å²) in [6.45, 7) is 6.42. The number of carbonyl (C=O) groups excluding carboxylic acids is 1. The molecular formula is C12H20N4O. The quantitative estimate of drug-likeness (QED) is 0.813. The Morgan fingerprint density at radius 3 is 2.88 bits per heavy atom. The second-order valence-corrected chi connectivity index (χ2v) is 4.66. The maximum absolute atomic E-state index is 12.0. The number of amides is 1. The Labute approximate surface area is 102 Å². The molecule has 1 atom stereocenters. The molecule has 0 aromatic carbocycles. The highest BCUT2D eigenvalue weighted by atomic mass is 16.2. The second-order valence-electron chi connectivity index (χ2n) is 4.66. The summed E-state index contributed by atoms with van der Waals surface area (Å²) in [4.78, 5) is 14.0. The fourth-order valence-corrected chi connectivity index (χ4v) is 2.12. The standard InChI is InChI=1S/C12H20N4O/c1-9-11(8-14-15-9)7-13-10(2)12(17)16-5-3-4-6-16/h8,10,13H,3-7H2,1-2H3,(H,14,15). The van der Waals surface area contributed by atoms with Gasteiger partial charge in [-0.05, 0) is 26.7 Å². The van der Waals surface area contributed by atoms with Crippen molar-refractivity contribution in [2.45, 2.75) is 39.3 Å². The molecule has 0 radical (unpaired) electrons. The monoisotopic (exact) mass is 236 g/mol. The molecule has 0 saturated carbocycles. The van der Waals surface area contributed by atoms with E-state index in [2.05, 4.69) is 15.5 Å². The van der Waals surface area contributed by atoms with E-state index in [0.717, 1.165) is 37.2 Å². The van der Waals surface area contributed by atoms with Gasteiger partial charge in [0.05, 0.1) is 12.2 Å². The van der Waals surface area contributed by atoms with Gasteiger partial charge in [-0.2, -0.15) is 5.10 Å². The first-order chi connectivity index (χ1) is 8.18. The number of aromatic nitrogens is 2. The number of nitrogens with one attached hydrogen (secondary N) is 2. The summed E-state index contributed by atoms with van der Waals surface area (Å²) in [5.41, 5.74) is 2.17. The summed E-state index contributed by atoms with van der Waals surface area (Å²) >= 11 is 0. The van der Waals surface area contributed by atoms with Crippen molar-refractivity contribution in [3.8, 4) is 0 Å². The van der Waals surface area contributed by atoms with Crippen LogP contribution in [0.5, 0.6) is 0 Å². The smallest absolute Gasteiger partial charge is 0.239 e. The molecule has 94 valence electrons. The molecule has 0 aliphatic carbocycles. The van der Waals surface area contributed by atoms with E-state index in [-0.39, 0.29) is 11.9 Å². The Morgan fingerprint density at radius 1 is 1.59 bits per heavy atom. The molecule has 1 unspecified atom stereocenters. The van der Waals surface area contributed by atoms with Gasteiger partial charge >= 0.3 is 0 Å². The fraction of sp³-hybridized carbons (Fsp3) is 0.667. The Morgan fingerprint density at radius 2 is 2.29 bits per heavy atom. The van der Waals surface area contributed by atoms with Gasteiger partial charge in [-0.1, -0.05) is 0 Å². The van der Waals surface area contributed by atoms with Gasteiger partial charge in [0.15, 0.2) is 0 Å². The average Bonchev–Trinajstić information content (AvgIpc) is 2.96. The highest BCUT2D eigenvalue weighted by Crippen LogP contribution is 2.09. The molecule has 2 heterocycles. The maximum atomic E-state index is 12.0. The topological polar surface area (TPSA) is 61.0 Å². The third-order valence-electron chi connectivity index (χ3n) is 3.32. The van der Waals surface area contributed by atoms with Gasteiger partial charge < -0.3 is 10.2 Å². The Hall–Kier alpha value is -1.36. The van der Waals surface area contributed by atoms with E-state index >= 15 is 0 Å². The molecule has 5 heteroatoms. The summed E-state index contributed by atoms with van der Waals surface area (Å²) in [5, 5.41) is 10.1. The lowest BCUT2D eigenvalue weighted by Crippen LogP contribution is -2.43. The molecule has 17 heavy (non-hydrogen) atoms. The van der Waals surface area contributed by atoms with Crippen LogP contribution in [0.15, 0.2) is 6.20 Å². The normalized spacial score (nSPS) is 17.4. The average molecular weight is 236 g/mol. The Bertz CT molecular complexity index is 382. The van der Waals surface area contributed by atoms with Crippen LogP contribution in [0.3, 0.4) is 0 Å². The molecule has 2 rings (SSSR count). The van der Waals surface area contributed by atoms with Crippen LogP contribution in [0.1, 0.15) is 31.0 Å². The summed E-state index contributed by atoms with van der Waals surface area (Å²) in [6, 6.07) is -0.123. The molecule has 1 amide bonds. The van der Waals surface area contributed by atoms with E-state index in [4.69, 9.17) is 0 Å². The number of hydrogen-bond donors (Lipinski definition) is 2. The second kappa shape index (κ2) is 5.31. The number of H-pyrrole nitrogens is 1. The van der Waals surface area contributed by atoms with Crippen molar-refractivity contribution >= 4 is 5.91 Å². The molecule has 1 saturated heterocycles. The zero-order valence-electron chi connectivity index (χ0n) is 10.5. The van der Waals surface area contributed by atoms with Crippen molar-refractivity contribution in [2.75, 3.05) is 13.1 Å². The van der Waals surface area contributed by atoms with Crippen molar-refractivity contribution in [1.29, 1.82) is 0 Å². The Balaban J connectivity index is 1.82. The lowest BCUT2D eigenvalue weighted by atomic mass is 10.2. The van der Waals surface area contributed by atoms with Crippen LogP contribution >= 0.6 is 0 Å². The molecule has 1 aromatic rings. The molecule has 5 nitrogen and oxygen atoms in total. The van der Waals surface area contributed by atoms with Crippen LogP contribution < -0.4 is 5.32 Å². The van der Waals surface area contributed by atoms with E-state index in [1.807, 2.05) is 18.7 Å². The minimum absolute atomic E-state index is 0.123. The zero-order chi connectivity index (χ0) is 12.3. The number of aromatic amines is 1. The highest BCUT2D eigenvalue weighted by Gasteiger charge is 2.22. The summed E-state index contributed by atoms with van der Waals surface area (Å²) in [5.74, 6) is 0.212. The van der Waals surface area contributed by atoms with E-state index in [1.165, 1.54) is 0 Å². The number of aryl methyl sites for hydroxylation is 1. The largest absolute Gasteiger partial charge is 0.341 e. The molecule has 0 bridgehead atoms. The van der Waals surface area contributed by atoms with Crippen LogP contribution in [0.25, 0.3) is 0 Å². The fourth-order valence-electron chi connectivity index (χ4n) is 2.12. The first-order valence-electron chi connectivity index (χ1n) is 6.19. The van der Waals surface area contributed by atoms with E-state index in [9.17, 15) is 4.79 Å².